The highest BCUT2D eigenvalue weighted by Gasteiger charge is 2.13. The lowest BCUT2D eigenvalue weighted by Gasteiger charge is -2.17. The van der Waals surface area contributed by atoms with E-state index in [1.807, 2.05) is 13.8 Å². The standard InChI is InChI=1S/C8H14N4OS/c1-8(2,9)4-3-6(13)11-7-12-10-5-14-7/h5H,3-4,9H2,1-2H3,(H,11,12,13). The lowest BCUT2D eigenvalue weighted by atomic mass is 10.00. The lowest BCUT2D eigenvalue weighted by Crippen LogP contribution is -2.33. The summed E-state index contributed by atoms with van der Waals surface area (Å²) >= 11 is 1.30. The van der Waals surface area contributed by atoms with Crippen molar-refractivity contribution < 1.29 is 4.79 Å². The first-order valence-electron chi connectivity index (χ1n) is 4.32. The van der Waals surface area contributed by atoms with Gasteiger partial charge in [-0.15, -0.1) is 10.2 Å². The monoisotopic (exact) mass is 214 g/mol. The summed E-state index contributed by atoms with van der Waals surface area (Å²) in [6.07, 6.45) is 1.06. The smallest absolute Gasteiger partial charge is 0.226 e. The molecular formula is C8H14N4OS. The third-order valence-electron chi connectivity index (χ3n) is 1.60. The van der Waals surface area contributed by atoms with Crippen LogP contribution in [0.5, 0.6) is 0 Å². The number of carbonyl (C=O) groups is 1. The number of nitrogens with two attached hydrogens (primary N) is 1. The Labute approximate surface area is 86.7 Å². The first-order valence-corrected chi connectivity index (χ1v) is 5.20. The van der Waals surface area contributed by atoms with Crippen LogP contribution in [0.1, 0.15) is 26.7 Å². The molecule has 0 atom stereocenters. The van der Waals surface area contributed by atoms with Gasteiger partial charge in [0.25, 0.3) is 0 Å². The number of rotatable bonds is 4. The Bertz CT molecular complexity index is 291. The van der Waals surface area contributed by atoms with Crippen LogP contribution in [0.25, 0.3) is 0 Å². The largest absolute Gasteiger partial charge is 0.326 e. The fraction of sp³-hybridized carbons (Fsp3) is 0.625. The van der Waals surface area contributed by atoms with E-state index in [9.17, 15) is 4.79 Å². The highest BCUT2D eigenvalue weighted by Crippen LogP contribution is 2.11. The van der Waals surface area contributed by atoms with Gasteiger partial charge in [0, 0.05) is 12.0 Å². The molecule has 0 spiro atoms. The Kier molecular flexibility index (Phi) is 3.54. The number of carbonyl (C=O) groups excluding carboxylic acids is 1. The van der Waals surface area contributed by atoms with Crippen LogP contribution in [0, 0.1) is 0 Å². The molecule has 1 aromatic rings. The van der Waals surface area contributed by atoms with Crippen LogP contribution in [0.4, 0.5) is 5.13 Å². The first kappa shape index (κ1) is 11.1. The van der Waals surface area contributed by atoms with Crippen molar-refractivity contribution >= 4 is 22.4 Å². The highest BCUT2D eigenvalue weighted by atomic mass is 32.1. The molecular weight excluding hydrogens is 200 g/mol. The van der Waals surface area contributed by atoms with E-state index in [0.29, 0.717) is 18.0 Å². The van der Waals surface area contributed by atoms with E-state index in [2.05, 4.69) is 15.5 Å². The molecule has 6 heteroatoms. The van der Waals surface area contributed by atoms with Crippen molar-refractivity contribution in [1.82, 2.24) is 10.2 Å². The SMILES string of the molecule is CC(C)(N)CCC(=O)Nc1nncs1. The molecule has 1 rings (SSSR count). The van der Waals surface area contributed by atoms with E-state index in [1.54, 1.807) is 5.51 Å². The summed E-state index contributed by atoms with van der Waals surface area (Å²) in [5.74, 6) is -0.0692. The van der Waals surface area contributed by atoms with Gasteiger partial charge in [0.1, 0.15) is 5.51 Å². The van der Waals surface area contributed by atoms with E-state index in [1.165, 1.54) is 11.3 Å². The summed E-state index contributed by atoms with van der Waals surface area (Å²) in [5.41, 5.74) is 7.02. The predicted octanol–water partition coefficient (Wildman–Crippen LogP) is 0.994. The summed E-state index contributed by atoms with van der Waals surface area (Å²) in [6, 6.07) is 0. The van der Waals surface area contributed by atoms with Crippen molar-refractivity contribution in [2.24, 2.45) is 5.73 Å². The normalized spacial score (nSPS) is 11.4. The van der Waals surface area contributed by atoms with E-state index < -0.39 is 0 Å². The molecule has 0 fully saturated rings. The van der Waals surface area contributed by atoms with Crippen LogP contribution in [0.2, 0.25) is 0 Å². The van der Waals surface area contributed by atoms with Crippen molar-refractivity contribution in [3.63, 3.8) is 0 Å². The Morgan fingerprint density at radius 3 is 2.93 bits per heavy atom. The molecule has 0 aliphatic rings. The van der Waals surface area contributed by atoms with Crippen molar-refractivity contribution in [2.45, 2.75) is 32.2 Å². The molecule has 14 heavy (non-hydrogen) atoms. The summed E-state index contributed by atoms with van der Waals surface area (Å²) < 4.78 is 0. The maximum Gasteiger partial charge on any atom is 0.226 e. The number of anilines is 1. The fourth-order valence-corrected chi connectivity index (χ4v) is 1.31. The van der Waals surface area contributed by atoms with Gasteiger partial charge >= 0.3 is 0 Å². The molecule has 0 bridgehead atoms. The average Bonchev–Trinajstić information content (AvgIpc) is 2.52. The number of nitrogens with one attached hydrogen (secondary N) is 1. The number of hydrogen-bond donors (Lipinski definition) is 2. The fourth-order valence-electron chi connectivity index (χ4n) is 0.845. The van der Waals surface area contributed by atoms with Gasteiger partial charge in [-0.3, -0.25) is 4.79 Å². The Morgan fingerprint density at radius 1 is 1.71 bits per heavy atom. The van der Waals surface area contributed by atoms with Gasteiger partial charge in [0.05, 0.1) is 0 Å². The van der Waals surface area contributed by atoms with E-state index in [4.69, 9.17) is 5.73 Å². The van der Waals surface area contributed by atoms with E-state index in [-0.39, 0.29) is 11.4 Å². The number of hydrogen-bond acceptors (Lipinski definition) is 5. The zero-order chi connectivity index (χ0) is 10.6. The van der Waals surface area contributed by atoms with Gasteiger partial charge in [0.2, 0.25) is 11.0 Å². The maximum atomic E-state index is 11.3. The molecule has 0 aromatic carbocycles. The van der Waals surface area contributed by atoms with Crippen LogP contribution in [-0.4, -0.2) is 21.6 Å². The Balaban J connectivity index is 2.30. The number of aromatic nitrogens is 2. The van der Waals surface area contributed by atoms with Gasteiger partial charge in [-0.25, -0.2) is 0 Å². The topological polar surface area (TPSA) is 80.9 Å². The first-order chi connectivity index (χ1) is 6.47. The maximum absolute atomic E-state index is 11.3. The molecule has 1 amide bonds. The van der Waals surface area contributed by atoms with E-state index in [0.717, 1.165) is 0 Å². The van der Waals surface area contributed by atoms with Crippen LogP contribution < -0.4 is 11.1 Å². The van der Waals surface area contributed by atoms with Crippen molar-refractivity contribution in [2.75, 3.05) is 5.32 Å². The van der Waals surface area contributed by atoms with Crippen molar-refractivity contribution in [3.8, 4) is 0 Å². The Morgan fingerprint density at radius 2 is 2.43 bits per heavy atom. The lowest BCUT2D eigenvalue weighted by molar-refractivity contribution is -0.116. The Hall–Kier alpha value is -1.01. The summed E-state index contributed by atoms with van der Waals surface area (Å²) in [7, 11) is 0. The molecule has 78 valence electrons. The minimum atomic E-state index is -0.307. The van der Waals surface area contributed by atoms with Gasteiger partial charge in [-0.05, 0) is 20.3 Å². The third kappa shape index (κ3) is 4.29. The van der Waals surface area contributed by atoms with Gasteiger partial charge in [0.15, 0.2) is 0 Å². The zero-order valence-electron chi connectivity index (χ0n) is 8.28. The van der Waals surface area contributed by atoms with Crippen molar-refractivity contribution in [3.05, 3.63) is 5.51 Å². The van der Waals surface area contributed by atoms with Gasteiger partial charge in [-0.2, -0.15) is 0 Å². The molecule has 1 heterocycles. The second-order valence-electron chi connectivity index (χ2n) is 3.78. The van der Waals surface area contributed by atoms with Crippen LogP contribution >= 0.6 is 11.3 Å². The van der Waals surface area contributed by atoms with Crippen LogP contribution in [0.15, 0.2) is 5.51 Å². The molecule has 5 nitrogen and oxygen atoms in total. The molecule has 0 saturated heterocycles. The minimum Gasteiger partial charge on any atom is -0.326 e. The minimum absolute atomic E-state index is 0.0692. The number of nitrogens with zero attached hydrogens (tertiary/aromatic N) is 2. The second-order valence-corrected chi connectivity index (χ2v) is 4.61. The van der Waals surface area contributed by atoms with Crippen molar-refractivity contribution in [1.29, 1.82) is 0 Å². The molecule has 0 aliphatic heterocycles. The molecule has 0 unspecified atom stereocenters. The molecule has 1 aromatic heterocycles. The van der Waals surface area contributed by atoms with Crippen LogP contribution in [-0.2, 0) is 4.79 Å². The van der Waals surface area contributed by atoms with Gasteiger partial charge < -0.3 is 11.1 Å². The summed E-state index contributed by atoms with van der Waals surface area (Å²) in [6.45, 7) is 3.79. The quantitative estimate of drug-likeness (QED) is 0.783. The molecule has 0 radical (unpaired) electrons. The average molecular weight is 214 g/mol. The van der Waals surface area contributed by atoms with Gasteiger partial charge in [-0.1, -0.05) is 11.3 Å². The van der Waals surface area contributed by atoms with E-state index >= 15 is 0 Å². The van der Waals surface area contributed by atoms with Crippen LogP contribution in [0.3, 0.4) is 0 Å². The number of amides is 1. The summed E-state index contributed by atoms with van der Waals surface area (Å²) in [4.78, 5) is 11.3. The summed E-state index contributed by atoms with van der Waals surface area (Å²) in [5, 5.41) is 10.5. The second kappa shape index (κ2) is 4.47. The molecule has 0 saturated carbocycles. The molecule has 0 aliphatic carbocycles. The predicted molar refractivity (Wildman–Crippen MR) is 56.0 cm³/mol. The molecule has 3 N–H and O–H groups in total. The third-order valence-corrected chi connectivity index (χ3v) is 2.21. The highest BCUT2D eigenvalue weighted by molar-refractivity contribution is 7.13. The zero-order valence-corrected chi connectivity index (χ0v) is 9.10.